The molecule has 0 aromatic heterocycles. The summed E-state index contributed by atoms with van der Waals surface area (Å²) in [5.41, 5.74) is 1.54. The largest absolute Gasteiger partial charge is 0.0996 e. The van der Waals surface area contributed by atoms with Crippen molar-refractivity contribution in [3.8, 4) is 0 Å². The molecule has 0 amide bonds. The van der Waals surface area contributed by atoms with Crippen LogP contribution in [0.2, 0.25) is 0 Å². The highest BCUT2D eigenvalue weighted by molar-refractivity contribution is 5.11. The van der Waals surface area contributed by atoms with Crippen LogP contribution in [-0.2, 0) is 0 Å². The first kappa shape index (κ1) is 11.0. The van der Waals surface area contributed by atoms with Gasteiger partial charge in [-0.15, -0.1) is 0 Å². The fraction of sp³-hybridized carbons (Fsp3) is 0.733. The molecule has 0 heteroatoms. The molecule has 0 bridgehead atoms. The standard InChI is InChI=1S/C15H24/c1-4-5-13-9-14(10-13)7-6-11(2)15-8-12(15)3/h4-5,12-15H,2,6-10H2,1,3H3/b5-4-. The number of hydrogen-bond acceptors (Lipinski definition) is 0. The van der Waals surface area contributed by atoms with Gasteiger partial charge in [-0.25, -0.2) is 0 Å². The molecule has 0 heterocycles. The molecule has 2 unspecified atom stereocenters. The van der Waals surface area contributed by atoms with Crippen molar-refractivity contribution in [1.82, 2.24) is 0 Å². The second-order valence-electron chi connectivity index (χ2n) is 5.64. The van der Waals surface area contributed by atoms with E-state index in [0.717, 1.165) is 23.7 Å². The Bertz CT molecular complexity index is 255. The van der Waals surface area contributed by atoms with E-state index in [1.165, 1.54) is 37.7 Å². The second kappa shape index (κ2) is 4.55. The van der Waals surface area contributed by atoms with E-state index in [9.17, 15) is 0 Å². The summed E-state index contributed by atoms with van der Waals surface area (Å²) >= 11 is 0. The first-order valence-electron chi connectivity index (χ1n) is 6.51. The van der Waals surface area contributed by atoms with Gasteiger partial charge in [0, 0.05) is 0 Å². The summed E-state index contributed by atoms with van der Waals surface area (Å²) in [7, 11) is 0. The molecule has 0 N–H and O–H groups in total. The lowest BCUT2D eigenvalue weighted by molar-refractivity contribution is 0.224. The highest BCUT2D eigenvalue weighted by Crippen LogP contribution is 2.46. The van der Waals surface area contributed by atoms with Crippen LogP contribution in [0.3, 0.4) is 0 Å². The van der Waals surface area contributed by atoms with Crippen molar-refractivity contribution in [3.63, 3.8) is 0 Å². The van der Waals surface area contributed by atoms with Gasteiger partial charge in [-0.3, -0.25) is 0 Å². The van der Waals surface area contributed by atoms with Gasteiger partial charge in [0.15, 0.2) is 0 Å². The van der Waals surface area contributed by atoms with E-state index < -0.39 is 0 Å². The van der Waals surface area contributed by atoms with Crippen LogP contribution in [0.25, 0.3) is 0 Å². The Labute approximate surface area is 94.5 Å². The van der Waals surface area contributed by atoms with Crippen LogP contribution in [-0.4, -0.2) is 0 Å². The van der Waals surface area contributed by atoms with Crippen LogP contribution < -0.4 is 0 Å². The Hall–Kier alpha value is -0.520. The van der Waals surface area contributed by atoms with Crippen LogP contribution >= 0.6 is 0 Å². The molecular formula is C15H24. The Kier molecular flexibility index (Phi) is 3.33. The van der Waals surface area contributed by atoms with Crippen molar-refractivity contribution in [2.75, 3.05) is 0 Å². The van der Waals surface area contributed by atoms with E-state index in [0.29, 0.717) is 0 Å². The second-order valence-corrected chi connectivity index (χ2v) is 5.64. The molecule has 2 atom stereocenters. The molecule has 0 saturated heterocycles. The van der Waals surface area contributed by atoms with E-state index in [1.807, 2.05) is 0 Å². The van der Waals surface area contributed by atoms with E-state index in [-0.39, 0.29) is 0 Å². The lowest BCUT2D eigenvalue weighted by atomic mass is 9.72. The maximum Gasteiger partial charge on any atom is -0.0177 e. The minimum Gasteiger partial charge on any atom is -0.0996 e. The normalized spacial score (nSPS) is 39.1. The Morgan fingerprint density at radius 1 is 1.33 bits per heavy atom. The maximum atomic E-state index is 4.24. The molecule has 0 aromatic carbocycles. The zero-order chi connectivity index (χ0) is 10.8. The molecule has 0 aromatic rings. The van der Waals surface area contributed by atoms with E-state index in [1.54, 1.807) is 0 Å². The van der Waals surface area contributed by atoms with E-state index >= 15 is 0 Å². The van der Waals surface area contributed by atoms with Crippen molar-refractivity contribution >= 4 is 0 Å². The average Bonchev–Trinajstić information content (AvgIpc) is 2.86. The monoisotopic (exact) mass is 204 g/mol. The minimum absolute atomic E-state index is 0.886. The molecule has 2 saturated carbocycles. The molecule has 2 aliphatic carbocycles. The van der Waals surface area contributed by atoms with Gasteiger partial charge >= 0.3 is 0 Å². The summed E-state index contributed by atoms with van der Waals surface area (Å²) in [6.07, 6.45) is 11.5. The molecule has 2 rings (SSSR count). The Morgan fingerprint density at radius 2 is 2.00 bits per heavy atom. The molecule has 15 heavy (non-hydrogen) atoms. The topological polar surface area (TPSA) is 0 Å². The van der Waals surface area contributed by atoms with Crippen LogP contribution in [0.1, 0.15) is 46.0 Å². The van der Waals surface area contributed by atoms with Crippen molar-refractivity contribution < 1.29 is 0 Å². The van der Waals surface area contributed by atoms with Gasteiger partial charge in [0.25, 0.3) is 0 Å². The van der Waals surface area contributed by atoms with Crippen molar-refractivity contribution in [2.24, 2.45) is 23.7 Å². The third-order valence-electron chi connectivity index (χ3n) is 4.24. The summed E-state index contributed by atoms with van der Waals surface area (Å²) in [4.78, 5) is 0. The van der Waals surface area contributed by atoms with Crippen LogP contribution in [0, 0.1) is 23.7 Å². The average molecular weight is 204 g/mol. The number of rotatable bonds is 5. The Balaban J connectivity index is 1.58. The van der Waals surface area contributed by atoms with Crippen molar-refractivity contribution in [1.29, 1.82) is 0 Å². The summed E-state index contributed by atoms with van der Waals surface area (Å²) in [6, 6.07) is 0. The van der Waals surface area contributed by atoms with E-state index in [2.05, 4.69) is 32.6 Å². The molecule has 0 radical (unpaired) electrons. The van der Waals surface area contributed by atoms with Crippen LogP contribution in [0.5, 0.6) is 0 Å². The third kappa shape index (κ3) is 2.74. The van der Waals surface area contributed by atoms with E-state index in [4.69, 9.17) is 0 Å². The molecule has 84 valence electrons. The molecule has 0 aliphatic heterocycles. The zero-order valence-electron chi connectivity index (χ0n) is 10.2. The van der Waals surface area contributed by atoms with Gasteiger partial charge in [0.2, 0.25) is 0 Å². The highest BCUT2D eigenvalue weighted by Gasteiger charge is 2.35. The van der Waals surface area contributed by atoms with Gasteiger partial charge in [-0.2, -0.15) is 0 Å². The number of allylic oxidation sites excluding steroid dienone is 3. The molecule has 2 fully saturated rings. The fourth-order valence-corrected chi connectivity index (χ4v) is 2.92. The maximum absolute atomic E-state index is 4.24. The zero-order valence-corrected chi connectivity index (χ0v) is 10.2. The lowest BCUT2D eigenvalue weighted by Gasteiger charge is -2.33. The first-order valence-corrected chi connectivity index (χ1v) is 6.51. The van der Waals surface area contributed by atoms with Crippen molar-refractivity contribution in [3.05, 3.63) is 24.3 Å². The molecular weight excluding hydrogens is 180 g/mol. The van der Waals surface area contributed by atoms with Gasteiger partial charge in [-0.05, 0) is 62.7 Å². The summed E-state index contributed by atoms with van der Waals surface area (Å²) in [6.45, 7) is 8.72. The third-order valence-corrected chi connectivity index (χ3v) is 4.24. The minimum atomic E-state index is 0.886. The quantitative estimate of drug-likeness (QED) is 0.575. The fourth-order valence-electron chi connectivity index (χ4n) is 2.92. The summed E-state index contributed by atoms with van der Waals surface area (Å²) < 4.78 is 0. The SMILES string of the molecule is C=C(CCC1CC(/C=C\C)C1)C1CC1C. The van der Waals surface area contributed by atoms with Crippen LogP contribution in [0.4, 0.5) is 0 Å². The predicted molar refractivity (Wildman–Crippen MR) is 66.7 cm³/mol. The van der Waals surface area contributed by atoms with Gasteiger partial charge in [0.05, 0.1) is 0 Å². The summed E-state index contributed by atoms with van der Waals surface area (Å²) in [5.74, 6) is 3.72. The first-order chi connectivity index (χ1) is 7.20. The van der Waals surface area contributed by atoms with Crippen molar-refractivity contribution in [2.45, 2.75) is 46.0 Å². The predicted octanol–water partition coefficient (Wildman–Crippen LogP) is 4.58. The molecule has 0 nitrogen and oxygen atoms in total. The van der Waals surface area contributed by atoms with Gasteiger partial charge < -0.3 is 0 Å². The smallest absolute Gasteiger partial charge is 0.0177 e. The highest BCUT2D eigenvalue weighted by atomic mass is 14.4. The molecule has 0 spiro atoms. The lowest BCUT2D eigenvalue weighted by Crippen LogP contribution is -2.21. The molecule has 2 aliphatic rings. The Morgan fingerprint density at radius 3 is 2.53 bits per heavy atom. The number of hydrogen-bond donors (Lipinski definition) is 0. The van der Waals surface area contributed by atoms with Gasteiger partial charge in [-0.1, -0.05) is 31.2 Å². The van der Waals surface area contributed by atoms with Gasteiger partial charge in [0.1, 0.15) is 0 Å². The summed E-state index contributed by atoms with van der Waals surface area (Å²) in [5, 5.41) is 0. The van der Waals surface area contributed by atoms with Crippen LogP contribution in [0.15, 0.2) is 24.3 Å².